The lowest BCUT2D eigenvalue weighted by molar-refractivity contribution is -0.134. The average molecular weight is 290 g/mol. The van der Waals surface area contributed by atoms with Gasteiger partial charge in [0.15, 0.2) is 5.82 Å². The number of amides is 1. The van der Waals surface area contributed by atoms with Gasteiger partial charge in [0.25, 0.3) is 0 Å². The Morgan fingerprint density at radius 2 is 2.25 bits per heavy atom. The van der Waals surface area contributed by atoms with E-state index < -0.39 is 0 Å². The molecule has 6 heteroatoms. The Morgan fingerprint density at radius 1 is 1.45 bits per heavy atom. The summed E-state index contributed by atoms with van der Waals surface area (Å²) in [5.41, 5.74) is 0. The summed E-state index contributed by atoms with van der Waals surface area (Å²) in [5.74, 6) is 1.04. The molecule has 0 aromatic carbocycles. The van der Waals surface area contributed by atoms with Gasteiger partial charge in [0.2, 0.25) is 5.91 Å². The molecule has 20 heavy (non-hydrogen) atoms. The Labute approximate surface area is 122 Å². The molecule has 1 unspecified atom stereocenters. The molecule has 1 amide bonds. The molecule has 0 spiro atoms. The van der Waals surface area contributed by atoms with E-state index >= 15 is 0 Å². The molecule has 2 aromatic heterocycles. The van der Waals surface area contributed by atoms with Crippen molar-refractivity contribution in [3.63, 3.8) is 0 Å². The minimum atomic E-state index is -0.215. The van der Waals surface area contributed by atoms with Gasteiger partial charge < -0.3 is 14.8 Å². The van der Waals surface area contributed by atoms with Crippen LogP contribution in [0.2, 0.25) is 0 Å². The SMILES string of the molecule is CC(C(=O)N1CCNCC1)n1ccnc1-c1cccs1. The molecule has 1 saturated heterocycles. The molecule has 0 bridgehead atoms. The van der Waals surface area contributed by atoms with Crippen molar-refractivity contribution in [1.29, 1.82) is 0 Å². The Hall–Kier alpha value is -1.66. The molecule has 0 saturated carbocycles. The molecule has 0 aliphatic carbocycles. The first-order valence-corrected chi connectivity index (χ1v) is 7.71. The Morgan fingerprint density at radius 3 is 2.95 bits per heavy atom. The van der Waals surface area contributed by atoms with E-state index in [0.717, 1.165) is 36.9 Å². The highest BCUT2D eigenvalue weighted by molar-refractivity contribution is 7.13. The zero-order chi connectivity index (χ0) is 13.9. The van der Waals surface area contributed by atoms with Crippen molar-refractivity contribution in [2.45, 2.75) is 13.0 Å². The fraction of sp³-hybridized carbons (Fsp3) is 0.429. The van der Waals surface area contributed by atoms with Gasteiger partial charge in [0.1, 0.15) is 6.04 Å². The van der Waals surface area contributed by atoms with Gasteiger partial charge in [-0.2, -0.15) is 0 Å². The number of aromatic nitrogens is 2. The van der Waals surface area contributed by atoms with Gasteiger partial charge in [-0.25, -0.2) is 4.98 Å². The van der Waals surface area contributed by atoms with Crippen molar-refractivity contribution in [3.8, 4) is 10.7 Å². The number of piperazine rings is 1. The van der Waals surface area contributed by atoms with Crippen LogP contribution >= 0.6 is 11.3 Å². The van der Waals surface area contributed by atoms with E-state index in [4.69, 9.17) is 0 Å². The van der Waals surface area contributed by atoms with Crippen LogP contribution in [0.3, 0.4) is 0 Å². The predicted molar refractivity (Wildman–Crippen MR) is 79.7 cm³/mol. The second kappa shape index (κ2) is 5.76. The Kier molecular flexibility index (Phi) is 3.84. The van der Waals surface area contributed by atoms with Gasteiger partial charge in [0.05, 0.1) is 4.88 Å². The largest absolute Gasteiger partial charge is 0.338 e. The van der Waals surface area contributed by atoms with Crippen molar-refractivity contribution in [1.82, 2.24) is 19.8 Å². The summed E-state index contributed by atoms with van der Waals surface area (Å²) >= 11 is 1.64. The van der Waals surface area contributed by atoms with Crippen LogP contribution in [-0.2, 0) is 4.79 Å². The third-order valence-corrected chi connectivity index (χ3v) is 4.48. The third-order valence-electron chi connectivity index (χ3n) is 3.61. The Balaban J connectivity index is 1.82. The minimum absolute atomic E-state index is 0.169. The number of hydrogen-bond donors (Lipinski definition) is 1. The lowest BCUT2D eigenvalue weighted by atomic mass is 10.2. The van der Waals surface area contributed by atoms with E-state index in [1.54, 1.807) is 17.5 Å². The molecule has 1 aliphatic rings. The molecule has 2 aromatic rings. The van der Waals surface area contributed by atoms with Gasteiger partial charge in [0, 0.05) is 38.6 Å². The first-order chi connectivity index (χ1) is 9.77. The topological polar surface area (TPSA) is 50.2 Å². The summed E-state index contributed by atoms with van der Waals surface area (Å²) in [4.78, 5) is 20.0. The maximum atomic E-state index is 12.6. The van der Waals surface area contributed by atoms with E-state index in [-0.39, 0.29) is 11.9 Å². The number of nitrogens with zero attached hydrogens (tertiary/aromatic N) is 3. The minimum Gasteiger partial charge on any atom is -0.338 e. The second-order valence-electron chi connectivity index (χ2n) is 4.89. The number of hydrogen-bond acceptors (Lipinski definition) is 4. The molecule has 3 rings (SSSR count). The fourth-order valence-corrected chi connectivity index (χ4v) is 3.22. The third kappa shape index (κ3) is 2.48. The lowest BCUT2D eigenvalue weighted by Gasteiger charge is -2.30. The molecule has 1 atom stereocenters. The highest BCUT2D eigenvalue weighted by atomic mass is 32.1. The quantitative estimate of drug-likeness (QED) is 0.934. The van der Waals surface area contributed by atoms with Gasteiger partial charge in [-0.1, -0.05) is 6.07 Å². The van der Waals surface area contributed by atoms with E-state index in [0.29, 0.717) is 0 Å². The molecule has 106 valence electrons. The van der Waals surface area contributed by atoms with Crippen LogP contribution in [0.15, 0.2) is 29.9 Å². The highest BCUT2D eigenvalue weighted by Crippen LogP contribution is 2.26. The van der Waals surface area contributed by atoms with E-state index in [1.165, 1.54) is 0 Å². The van der Waals surface area contributed by atoms with Crippen LogP contribution in [0.4, 0.5) is 0 Å². The summed E-state index contributed by atoms with van der Waals surface area (Å²) in [5, 5.41) is 5.29. The number of nitrogens with one attached hydrogen (secondary N) is 1. The van der Waals surface area contributed by atoms with Crippen molar-refractivity contribution >= 4 is 17.2 Å². The standard InChI is InChI=1S/C14H18N4OS/c1-11(14(19)17-7-4-15-5-8-17)18-9-6-16-13(18)12-3-2-10-20-12/h2-3,6,9-11,15H,4-5,7-8H2,1H3. The van der Waals surface area contributed by atoms with Crippen molar-refractivity contribution in [2.75, 3.05) is 26.2 Å². The smallest absolute Gasteiger partial charge is 0.245 e. The van der Waals surface area contributed by atoms with Crippen LogP contribution in [0.1, 0.15) is 13.0 Å². The molecule has 3 heterocycles. The second-order valence-corrected chi connectivity index (χ2v) is 5.83. The van der Waals surface area contributed by atoms with Crippen LogP contribution in [0.5, 0.6) is 0 Å². The first kappa shape index (κ1) is 13.3. The summed E-state index contributed by atoms with van der Waals surface area (Å²) < 4.78 is 1.97. The van der Waals surface area contributed by atoms with Crippen molar-refractivity contribution in [3.05, 3.63) is 29.9 Å². The molecular formula is C14H18N4OS. The van der Waals surface area contributed by atoms with Crippen LogP contribution < -0.4 is 5.32 Å². The highest BCUT2D eigenvalue weighted by Gasteiger charge is 2.25. The van der Waals surface area contributed by atoms with Crippen LogP contribution in [0.25, 0.3) is 10.7 Å². The number of imidazole rings is 1. The zero-order valence-electron chi connectivity index (χ0n) is 11.5. The number of carbonyl (C=O) groups excluding carboxylic acids is 1. The first-order valence-electron chi connectivity index (χ1n) is 6.83. The predicted octanol–water partition coefficient (Wildman–Crippen LogP) is 1.60. The molecule has 1 aliphatic heterocycles. The summed E-state index contributed by atoms with van der Waals surface area (Å²) in [6.45, 7) is 5.27. The van der Waals surface area contributed by atoms with Gasteiger partial charge in [-0.05, 0) is 18.4 Å². The normalized spacial score (nSPS) is 17.1. The van der Waals surface area contributed by atoms with E-state index in [2.05, 4.69) is 10.3 Å². The Bertz CT molecular complexity index is 572. The zero-order valence-corrected chi connectivity index (χ0v) is 12.3. The number of carbonyl (C=O) groups is 1. The van der Waals surface area contributed by atoms with E-state index in [1.807, 2.05) is 40.1 Å². The fourth-order valence-electron chi connectivity index (χ4n) is 2.49. The number of rotatable bonds is 3. The van der Waals surface area contributed by atoms with Gasteiger partial charge in [-0.15, -0.1) is 11.3 Å². The van der Waals surface area contributed by atoms with E-state index in [9.17, 15) is 4.79 Å². The summed E-state index contributed by atoms with van der Waals surface area (Å²) in [6.07, 6.45) is 3.65. The van der Waals surface area contributed by atoms with Crippen LogP contribution in [-0.4, -0.2) is 46.5 Å². The molecular weight excluding hydrogens is 272 g/mol. The summed E-state index contributed by atoms with van der Waals surface area (Å²) in [7, 11) is 0. The number of thiophene rings is 1. The summed E-state index contributed by atoms with van der Waals surface area (Å²) in [6, 6.07) is 3.82. The average Bonchev–Trinajstić information content (AvgIpc) is 3.16. The molecule has 1 fully saturated rings. The van der Waals surface area contributed by atoms with Crippen molar-refractivity contribution < 1.29 is 4.79 Å². The maximum absolute atomic E-state index is 12.6. The van der Waals surface area contributed by atoms with Gasteiger partial charge >= 0.3 is 0 Å². The van der Waals surface area contributed by atoms with Gasteiger partial charge in [-0.3, -0.25) is 4.79 Å². The lowest BCUT2D eigenvalue weighted by Crippen LogP contribution is -2.48. The maximum Gasteiger partial charge on any atom is 0.245 e. The molecule has 1 N–H and O–H groups in total. The van der Waals surface area contributed by atoms with Crippen molar-refractivity contribution in [2.24, 2.45) is 0 Å². The van der Waals surface area contributed by atoms with Crippen LogP contribution in [0, 0.1) is 0 Å². The molecule has 0 radical (unpaired) electrons. The monoisotopic (exact) mass is 290 g/mol. The molecule has 5 nitrogen and oxygen atoms in total.